The number of carbonyl (C=O) groups excluding carboxylic acids is 3. The Labute approximate surface area is 191 Å². The highest BCUT2D eigenvalue weighted by atomic mass is 16.6. The average molecular weight is 453 g/mol. The van der Waals surface area contributed by atoms with E-state index in [9.17, 15) is 29.7 Å². The van der Waals surface area contributed by atoms with Gasteiger partial charge < -0.3 is 20.1 Å². The van der Waals surface area contributed by atoms with Gasteiger partial charge in [-0.25, -0.2) is 0 Å². The molecule has 7 nitrogen and oxygen atoms in total. The Kier molecular flexibility index (Phi) is 8.82. The smallest absolute Gasteiger partial charge is 0.311 e. The Bertz CT molecular complexity index is 743. The van der Waals surface area contributed by atoms with Gasteiger partial charge in [0.15, 0.2) is 11.4 Å². The van der Waals surface area contributed by atoms with Crippen molar-refractivity contribution in [2.45, 2.75) is 104 Å². The fourth-order valence-corrected chi connectivity index (χ4v) is 4.99. The van der Waals surface area contributed by atoms with Gasteiger partial charge in [-0.3, -0.25) is 14.4 Å². The summed E-state index contributed by atoms with van der Waals surface area (Å²) < 4.78 is 5.54. The number of ketones is 2. The average Bonchev–Trinajstić information content (AvgIpc) is 2.73. The topological polar surface area (TPSA) is 121 Å². The van der Waals surface area contributed by atoms with Gasteiger partial charge in [0.05, 0.1) is 18.1 Å². The lowest BCUT2D eigenvalue weighted by Gasteiger charge is -2.38. The van der Waals surface area contributed by atoms with E-state index in [1.807, 2.05) is 20.8 Å². The van der Waals surface area contributed by atoms with E-state index in [2.05, 4.69) is 0 Å². The number of rotatable bonds is 8. The molecule has 0 spiro atoms. The summed E-state index contributed by atoms with van der Waals surface area (Å²) >= 11 is 0. The van der Waals surface area contributed by atoms with E-state index < -0.39 is 47.5 Å². The molecular weight excluding hydrogens is 412 g/mol. The Hall–Kier alpha value is -1.57. The highest BCUT2D eigenvalue weighted by Gasteiger charge is 2.48. The molecular formula is C25H40O7. The minimum absolute atomic E-state index is 0.0151. The fraction of sp³-hybridized carbons (Fsp3) is 0.800. The first-order valence-electron chi connectivity index (χ1n) is 11.9. The van der Waals surface area contributed by atoms with Crippen molar-refractivity contribution in [1.82, 2.24) is 0 Å². The lowest BCUT2D eigenvalue weighted by molar-refractivity contribution is -0.176. The summed E-state index contributed by atoms with van der Waals surface area (Å²) in [4.78, 5) is 38.6. The van der Waals surface area contributed by atoms with E-state index in [-0.39, 0.29) is 30.5 Å². The molecule has 0 aromatic carbocycles. The molecule has 2 rings (SSSR count). The molecule has 2 aliphatic carbocycles. The number of hydrogen-bond acceptors (Lipinski definition) is 7. The standard InChI is InChI=1S/C25H40O7/c1-7-13(2)22(28)16(5)24(30)32-20-12-17(15(4)23(29)25(20,6)31)11-19(27)21-14(3)9-8-10-18(21)26/h13-14,16,18,20-22,26,28,31H,7-12H2,1-6H3/t13-,14+,16+,18-,20-,21+,22+,25-/m0/s1. The third kappa shape index (κ3) is 5.49. The molecule has 1 fully saturated rings. The van der Waals surface area contributed by atoms with Crippen LogP contribution in [0.2, 0.25) is 0 Å². The van der Waals surface area contributed by atoms with Gasteiger partial charge in [-0.05, 0) is 51.0 Å². The van der Waals surface area contributed by atoms with Crippen molar-refractivity contribution in [3.63, 3.8) is 0 Å². The van der Waals surface area contributed by atoms with Crippen molar-refractivity contribution in [2.24, 2.45) is 23.7 Å². The molecule has 0 aromatic rings. The van der Waals surface area contributed by atoms with Crippen LogP contribution in [0.5, 0.6) is 0 Å². The van der Waals surface area contributed by atoms with Crippen molar-refractivity contribution in [3.8, 4) is 0 Å². The van der Waals surface area contributed by atoms with Gasteiger partial charge in [-0.15, -0.1) is 0 Å². The first-order valence-corrected chi connectivity index (χ1v) is 11.9. The van der Waals surface area contributed by atoms with E-state index >= 15 is 0 Å². The second-order valence-electron chi connectivity index (χ2n) is 10.1. The Morgan fingerprint density at radius 3 is 2.44 bits per heavy atom. The lowest BCUT2D eigenvalue weighted by atomic mass is 9.72. The summed E-state index contributed by atoms with van der Waals surface area (Å²) in [7, 11) is 0. The van der Waals surface area contributed by atoms with Crippen LogP contribution in [-0.4, -0.2) is 56.8 Å². The minimum atomic E-state index is -1.91. The molecule has 0 bridgehead atoms. The van der Waals surface area contributed by atoms with Crippen LogP contribution >= 0.6 is 0 Å². The van der Waals surface area contributed by atoms with Gasteiger partial charge in [0, 0.05) is 18.8 Å². The Morgan fingerprint density at radius 2 is 1.88 bits per heavy atom. The summed E-state index contributed by atoms with van der Waals surface area (Å²) in [6.07, 6.45) is 0.347. The molecule has 0 aromatic heterocycles. The van der Waals surface area contributed by atoms with E-state index in [0.717, 1.165) is 12.8 Å². The molecule has 0 aliphatic heterocycles. The molecule has 0 amide bonds. The molecule has 0 heterocycles. The summed E-state index contributed by atoms with van der Waals surface area (Å²) in [5, 5.41) is 31.6. The zero-order valence-electron chi connectivity index (χ0n) is 20.3. The SMILES string of the molecule is CC[C@H](C)[C@@H](O)[C@@H](C)C(=O)O[C@H]1CC(CC(=O)[C@@H]2[C@H](C)CCC[C@@H]2O)=C(C)C(=O)[C@@]1(C)O. The summed E-state index contributed by atoms with van der Waals surface area (Å²) in [6, 6.07) is 0. The Morgan fingerprint density at radius 1 is 1.25 bits per heavy atom. The fourth-order valence-electron chi connectivity index (χ4n) is 4.99. The van der Waals surface area contributed by atoms with Crippen LogP contribution < -0.4 is 0 Å². The second kappa shape index (κ2) is 10.6. The maximum atomic E-state index is 13.0. The molecule has 0 saturated heterocycles. The lowest BCUT2D eigenvalue weighted by Crippen LogP contribution is -2.53. The van der Waals surface area contributed by atoms with Crippen molar-refractivity contribution < 1.29 is 34.4 Å². The molecule has 1 saturated carbocycles. The highest BCUT2D eigenvalue weighted by Crippen LogP contribution is 2.37. The van der Waals surface area contributed by atoms with Crippen molar-refractivity contribution in [1.29, 1.82) is 0 Å². The van der Waals surface area contributed by atoms with Crippen molar-refractivity contribution in [3.05, 3.63) is 11.1 Å². The third-order valence-electron chi connectivity index (χ3n) is 7.71. The molecule has 0 radical (unpaired) electrons. The normalized spacial score (nSPS) is 34.1. The van der Waals surface area contributed by atoms with Crippen LogP contribution in [0.15, 0.2) is 11.1 Å². The number of hydrogen-bond donors (Lipinski definition) is 3. The van der Waals surface area contributed by atoms with E-state index in [0.29, 0.717) is 24.0 Å². The first-order chi connectivity index (χ1) is 14.8. The van der Waals surface area contributed by atoms with Gasteiger partial charge in [-0.1, -0.05) is 39.2 Å². The quantitative estimate of drug-likeness (QED) is 0.484. The highest BCUT2D eigenvalue weighted by molar-refractivity contribution is 6.04. The van der Waals surface area contributed by atoms with E-state index in [1.54, 1.807) is 13.8 Å². The molecule has 8 atom stereocenters. The number of aliphatic hydroxyl groups is 3. The van der Waals surface area contributed by atoms with Crippen LogP contribution in [0.4, 0.5) is 0 Å². The summed E-state index contributed by atoms with van der Waals surface area (Å²) in [5.41, 5.74) is -1.07. The number of ether oxygens (including phenoxy) is 1. The Balaban J connectivity index is 2.19. The zero-order valence-corrected chi connectivity index (χ0v) is 20.3. The van der Waals surface area contributed by atoms with Crippen LogP contribution in [-0.2, 0) is 19.1 Å². The third-order valence-corrected chi connectivity index (χ3v) is 7.71. The second-order valence-corrected chi connectivity index (χ2v) is 10.1. The van der Waals surface area contributed by atoms with Gasteiger partial charge in [0.2, 0.25) is 0 Å². The monoisotopic (exact) mass is 452 g/mol. The summed E-state index contributed by atoms with van der Waals surface area (Å²) in [5.74, 6) is -2.72. The minimum Gasteiger partial charge on any atom is -0.458 e. The van der Waals surface area contributed by atoms with E-state index in [4.69, 9.17) is 4.74 Å². The van der Waals surface area contributed by atoms with Gasteiger partial charge in [0.25, 0.3) is 0 Å². The molecule has 2 aliphatic rings. The molecule has 7 heteroatoms. The molecule has 3 N–H and O–H groups in total. The van der Waals surface area contributed by atoms with Gasteiger partial charge in [-0.2, -0.15) is 0 Å². The van der Waals surface area contributed by atoms with Crippen molar-refractivity contribution >= 4 is 17.5 Å². The number of esters is 1. The predicted molar refractivity (Wildman–Crippen MR) is 120 cm³/mol. The number of carbonyl (C=O) groups is 3. The van der Waals surface area contributed by atoms with Crippen LogP contribution in [0.25, 0.3) is 0 Å². The van der Waals surface area contributed by atoms with Gasteiger partial charge >= 0.3 is 5.97 Å². The number of Topliss-reactive ketones (excluding diaryl/α,β-unsaturated/α-hetero) is 2. The maximum absolute atomic E-state index is 13.0. The molecule has 32 heavy (non-hydrogen) atoms. The van der Waals surface area contributed by atoms with Gasteiger partial charge in [0.1, 0.15) is 11.9 Å². The molecule has 0 unspecified atom stereocenters. The van der Waals surface area contributed by atoms with Crippen molar-refractivity contribution in [2.75, 3.05) is 0 Å². The predicted octanol–water partition coefficient (Wildman–Crippen LogP) is 2.74. The summed E-state index contributed by atoms with van der Waals surface area (Å²) in [6.45, 7) is 10.2. The van der Waals surface area contributed by atoms with Crippen LogP contribution in [0.3, 0.4) is 0 Å². The first kappa shape index (κ1) is 26.7. The van der Waals surface area contributed by atoms with Crippen LogP contribution in [0.1, 0.15) is 80.1 Å². The molecule has 182 valence electrons. The maximum Gasteiger partial charge on any atom is 0.311 e. The van der Waals surface area contributed by atoms with E-state index in [1.165, 1.54) is 6.92 Å². The number of aliphatic hydroxyl groups excluding tert-OH is 2. The largest absolute Gasteiger partial charge is 0.458 e. The van der Waals surface area contributed by atoms with Crippen LogP contribution in [0, 0.1) is 23.7 Å². The zero-order chi connectivity index (χ0) is 24.4.